The molecule has 0 radical (unpaired) electrons. The first kappa shape index (κ1) is 46.0. The Balaban J connectivity index is 2.16. The second-order valence-corrected chi connectivity index (χ2v) is 16.8. The van der Waals surface area contributed by atoms with Crippen LogP contribution in [0.15, 0.2) is 0 Å². The van der Waals surface area contributed by atoms with Crippen molar-refractivity contribution in [1.82, 2.24) is 4.90 Å². The number of carbonyl (C=O) groups is 2. The van der Waals surface area contributed by atoms with Gasteiger partial charge in [0, 0.05) is 6.61 Å². The third-order valence-electron chi connectivity index (χ3n) is 12.3. The molecular formula is C45H85NO5. The van der Waals surface area contributed by atoms with E-state index in [9.17, 15) is 14.7 Å². The summed E-state index contributed by atoms with van der Waals surface area (Å²) in [7, 11) is 0. The highest BCUT2D eigenvalue weighted by Crippen LogP contribution is 2.49. The van der Waals surface area contributed by atoms with Gasteiger partial charge in [-0.15, -0.1) is 0 Å². The Labute approximate surface area is 316 Å². The topological polar surface area (TPSA) is 76.1 Å². The fraction of sp³-hybridized carbons (Fsp3) is 0.956. The van der Waals surface area contributed by atoms with Crippen LogP contribution in [0.25, 0.3) is 0 Å². The van der Waals surface area contributed by atoms with Crippen molar-refractivity contribution in [3.63, 3.8) is 0 Å². The summed E-state index contributed by atoms with van der Waals surface area (Å²) in [5, 5.41) is 9.27. The molecular weight excluding hydrogens is 634 g/mol. The summed E-state index contributed by atoms with van der Waals surface area (Å²) in [6.45, 7) is 12.3. The molecule has 1 saturated carbocycles. The van der Waals surface area contributed by atoms with Crippen LogP contribution in [0.4, 0.5) is 0 Å². The van der Waals surface area contributed by atoms with Gasteiger partial charge >= 0.3 is 11.9 Å². The average Bonchev–Trinajstić information content (AvgIpc) is 3.45. The van der Waals surface area contributed by atoms with Gasteiger partial charge in [-0.3, -0.25) is 9.59 Å². The van der Waals surface area contributed by atoms with Gasteiger partial charge in [0.2, 0.25) is 0 Å². The van der Waals surface area contributed by atoms with Crippen LogP contribution in [0.2, 0.25) is 0 Å². The number of hydrogen-bond acceptors (Lipinski definition) is 6. The first-order valence-corrected chi connectivity index (χ1v) is 22.7. The molecule has 1 aliphatic carbocycles. The van der Waals surface area contributed by atoms with Crippen molar-refractivity contribution in [3.05, 3.63) is 0 Å². The standard InChI is InChI=1S/C45H85NO5/c1-5-9-13-17-21-27-39(28-22-18-14-10-6-2)43(48)50-41-37-45(31-34-46(35-32-45)33-25-26-36-47)38-42(41)51-44(49)40(29-23-19-15-11-7-3)30-24-20-16-12-8-4/h39-42,47H,5-38H2,1-4H3/t41-,42-/m0/s1. The zero-order valence-corrected chi connectivity index (χ0v) is 34.4. The normalized spacial score (nSPS) is 19.0. The number of rotatable bonds is 32. The molecule has 0 bridgehead atoms. The summed E-state index contributed by atoms with van der Waals surface area (Å²) in [5.74, 6) is -0.162. The van der Waals surface area contributed by atoms with Gasteiger partial charge in [0.15, 0.2) is 0 Å². The Morgan fingerprint density at radius 2 is 0.902 bits per heavy atom. The fourth-order valence-electron chi connectivity index (χ4n) is 8.77. The van der Waals surface area contributed by atoms with Crippen molar-refractivity contribution < 1.29 is 24.2 Å². The molecule has 300 valence electrons. The summed E-state index contributed by atoms with van der Waals surface area (Å²) in [6.07, 6.45) is 32.7. The molecule has 0 aromatic carbocycles. The Hall–Kier alpha value is -1.14. The SMILES string of the molecule is CCCCCCCC(CCCCCCC)C(=O)O[C@H]1CC2(CCN(CCCCO)CC2)C[C@@H]1OC(=O)C(CCCCCCC)CCCCCCC. The molecule has 1 spiro atoms. The molecule has 0 unspecified atom stereocenters. The molecule has 1 aliphatic heterocycles. The minimum Gasteiger partial charge on any atom is -0.458 e. The number of carbonyl (C=O) groups excluding carboxylic acids is 2. The lowest BCUT2D eigenvalue weighted by Crippen LogP contribution is -2.40. The van der Waals surface area contributed by atoms with Gasteiger partial charge < -0.3 is 19.5 Å². The molecule has 1 heterocycles. The zero-order valence-electron chi connectivity index (χ0n) is 34.4. The number of nitrogens with zero attached hydrogens (tertiary/aromatic N) is 1. The number of ether oxygens (including phenoxy) is 2. The molecule has 6 nitrogen and oxygen atoms in total. The second kappa shape index (κ2) is 29.2. The summed E-state index contributed by atoms with van der Waals surface area (Å²) >= 11 is 0. The van der Waals surface area contributed by atoms with Gasteiger partial charge in [-0.25, -0.2) is 0 Å². The van der Waals surface area contributed by atoms with Crippen molar-refractivity contribution in [2.75, 3.05) is 26.2 Å². The molecule has 1 N–H and O–H groups in total. The van der Waals surface area contributed by atoms with Crippen LogP contribution >= 0.6 is 0 Å². The number of aliphatic hydroxyl groups excluding tert-OH is 1. The predicted molar refractivity (Wildman–Crippen MR) is 214 cm³/mol. The van der Waals surface area contributed by atoms with Crippen LogP contribution in [0, 0.1) is 17.3 Å². The van der Waals surface area contributed by atoms with E-state index in [1.54, 1.807) is 0 Å². The summed E-state index contributed by atoms with van der Waals surface area (Å²) in [4.78, 5) is 30.6. The minimum absolute atomic E-state index is 0.0334. The highest BCUT2D eigenvalue weighted by Gasteiger charge is 2.50. The predicted octanol–water partition coefficient (Wildman–Crippen LogP) is 12.1. The summed E-state index contributed by atoms with van der Waals surface area (Å²) < 4.78 is 13.1. The van der Waals surface area contributed by atoms with Crippen LogP contribution in [-0.4, -0.2) is 60.4 Å². The van der Waals surface area contributed by atoms with Crippen molar-refractivity contribution in [2.24, 2.45) is 17.3 Å². The lowest BCUT2D eigenvalue weighted by molar-refractivity contribution is -0.171. The van der Waals surface area contributed by atoms with E-state index in [1.165, 1.54) is 103 Å². The molecule has 2 fully saturated rings. The Kier molecular flexibility index (Phi) is 26.4. The quantitative estimate of drug-likeness (QED) is 0.0551. The van der Waals surface area contributed by atoms with E-state index in [4.69, 9.17) is 9.47 Å². The fourth-order valence-corrected chi connectivity index (χ4v) is 8.77. The van der Waals surface area contributed by atoms with Gasteiger partial charge in [-0.2, -0.15) is 0 Å². The van der Waals surface area contributed by atoms with Crippen molar-refractivity contribution in [3.8, 4) is 0 Å². The van der Waals surface area contributed by atoms with Gasteiger partial charge in [-0.1, -0.05) is 156 Å². The molecule has 2 atom stereocenters. The van der Waals surface area contributed by atoms with E-state index < -0.39 is 0 Å². The largest absolute Gasteiger partial charge is 0.458 e. The molecule has 51 heavy (non-hydrogen) atoms. The molecule has 1 saturated heterocycles. The van der Waals surface area contributed by atoms with E-state index >= 15 is 0 Å². The van der Waals surface area contributed by atoms with Crippen molar-refractivity contribution >= 4 is 11.9 Å². The Morgan fingerprint density at radius 3 is 1.24 bits per heavy atom. The van der Waals surface area contributed by atoms with Gasteiger partial charge in [-0.05, 0) is 89.3 Å². The maximum Gasteiger partial charge on any atom is 0.309 e. The average molecular weight is 720 g/mol. The second-order valence-electron chi connectivity index (χ2n) is 16.8. The smallest absolute Gasteiger partial charge is 0.309 e. The molecule has 0 amide bonds. The van der Waals surface area contributed by atoms with Gasteiger partial charge in [0.25, 0.3) is 0 Å². The summed E-state index contributed by atoms with van der Waals surface area (Å²) in [6, 6.07) is 0. The lowest BCUT2D eigenvalue weighted by Gasteiger charge is -2.39. The monoisotopic (exact) mass is 720 g/mol. The number of piperidine rings is 1. The molecule has 2 rings (SSSR count). The lowest BCUT2D eigenvalue weighted by atomic mass is 9.76. The highest BCUT2D eigenvalue weighted by molar-refractivity contribution is 5.74. The molecule has 0 aromatic rings. The first-order valence-electron chi connectivity index (χ1n) is 22.7. The van der Waals surface area contributed by atoms with Crippen LogP contribution in [-0.2, 0) is 19.1 Å². The van der Waals surface area contributed by atoms with E-state index in [2.05, 4.69) is 32.6 Å². The van der Waals surface area contributed by atoms with E-state index in [1.807, 2.05) is 0 Å². The third-order valence-corrected chi connectivity index (χ3v) is 12.3. The number of hydrogen-bond donors (Lipinski definition) is 1. The van der Waals surface area contributed by atoms with E-state index in [-0.39, 0.29) is 48.0 Å². The first-order chi connectivity index (χ1) is 24.9. The molecule has 0 aromatic heterocycles. The Morgan fingerprint density at radius 1 is 0.549 bits per heavy atom. The number of likely N-dealkylation sites (tertiary alicyclic amines) is 1. The van der Waals surface area contributed by atoms with Crippen LogP contribution in [0.1, 0.15) is 220 Å². The number of aliphatic hydroxyl groups is 1. The van der Waals surface area contributed by atoms with Crippen LogP contribution in [0.3, 0.4) is 0 Å². The Bertz CT molecular complexity index is 772. The maximum atomic E-state index is 14.0. The number of esters is 2. The minimum atomic E-state index is -0.333. The van der Waals surface area contributed by atoms with Crippen LogP contribution in [0.5, 0.6) is 0 Å². The van der Waals surface area contributed by atoms with Gasteiger partial charge in [0.1, 0.15) is 12.2 Å². The van der Waals surface area contributed by atoms with E-state index in [0.29, 0.717) is 0 Å². The zero-order chi connectivity index (χ0) is 37.0. The number of unbranched alkanes of at least 4 members (excludes halogenated alkanes) is 17. The molecule has 2 aliphatic rings. The highest BCUT2D eigenvalue weighted by atomic mass is 16.6. The van der Waals surface area contributed by atoms with Gasteiger partial charge in [0.05, 0.1) is 11.8 Å². The third kappa shape index (κ3) is 19.7. The van der Waals surface area contributed by atoms with E-state index in [0.717, 1.165) is 110 Å². The van der Waals surface area contributed by atoms with Crippen molar-refractivity contribution in [1.29, 1.82) is 0 Å². The molecule has 6 heteroatoms. The maximum absolute atomic E-state index is 14.0. The van der Waals surface area contributed by atoms with Crippen molar-refractivity contribution in [2.45, 2.75) is 233 Å². The summed E-state index contributed by atoms with van der Waals surface area (Å²) in [5.41, 5.74) is 0.0645. The van der Waals surface area contributed by atoms with Crippen LogP contribution < -0.4 is 0 Å².